The Kier molecular flexibility index (Phi) is 6.86. The van der Waals surface area contributed by atoms with E-state index in [1.54, 1.807) is 43.1 Å². The van der Waals surface area contributed by atoms with Crippen LogP contribution in [-0.4, -0.2) is 34.6 Å². The van der Waals surface area contributed by atoms with E-state index in [0.717, 1.165) is 10.1 Å². The van der Waals surface area contributed by atoms with Gasteiger partial charge in [0, 0.05) is 5.25 Å². The Labute approximate surface area is 150 Å². The molecule has 130 valence electrons. The molecule has 0 radical (unpaired) electrons. The monoisotopic (exact) mass is 367 g/mol. The van der Waals surface area contributed by atoms with Crippen molar-refractivity contribution >= 4 is 34.1 Å². The number of amides is 1. The first-order valence-electron chi connectivity index (χ1n) is 7.63. The highest BCUT2D eigenvalue weighted by Crippen LogP contribution is 2.28. The lowest BCUT2D eigenvalue weighted by atomic mass is 10.2. The van der Waals surface area contributed by atoms with Crippen molar-refractivity contribution in [3.63, 3.8) is 0 Å². The fraction of sp³-hybridized carbons (Fsp3) is 0.438. The van der Waals surface area contributed by atoms with Gasteiger partial charge in [0.25, 0.3) is 5.91 Å². The average Bonchev–Trinajstić information content (AvgIpc) is 2.99. The molecule has 1 heterocycles. The summed E-state index contributed by atoms with van der Waals surface area (Å²) in [5.41, 5.74) is 0. The zero-order chi connectivity index (χ0) is 17.5. The van der Waals surface area contributed by atoms with Gasteiger partial charge in [0.1, 0.15) is 11.5 Å². The first-order valence-corrected chi connectivity index (χ1v) is 9.33. The van der Waals surface area contributed by atoms with Crippen LogP contribution in [0.3, 0.4) is 0 Å². The molecule has 0 aliphatic carbocycles. The summed E-state index contributed by atoms with van der Waals surface area (Å²) in [5, 5.41) is 11.7. The minimum absolute atomic E-state index is 0.231. The molecule has 8 heteroatoms. The lowest BCUT2D eigenvalue weighted by molar-refractivity contribution is -0.122. The molecule has 0 saturated carbocycles. The highest BCUT2D eigenvalue weighted by Gasteiger charge is 2.20. The van der Waals surface area contributed by atoms with Gasteiger partial charge in [-0.1, -0.05) is 43.9 Å². The van der Waals surface area contributed by atoms with Gasteiger partial charge in [-0.25, -0.2) is 0 Å². The number of carbonyl (C=O) groups is 1. The van der Waals surface area contributed by atoms with Gasteiger partial charge >= 0.3 is 0 Å². The average molecular weight is 367 g/mol. The lowest BCUT2D eigenvalue weighted by Crippen LogP contribution is -2.32. The first kappa shape index (κ1) is 18.5. The molecule has 1 N–H and O–H groups in total. The second-order valence-electron chi connectivity index (χ2n) is 5.22. The minimum atomic E-state index is -0.594. The predicted octanol–water partition coefficient (Wildman–Crippen LogP) is 3.84. The van der Waals surface area contributed by atoms with E-state index in [0.29, 0.717) is 22.6 Å². The van der Waals surface area contributed by atoms with Crippen molar-refractivity contribution in [3.05, 3.63) is 24.3 Å². The van der Waals surface area contributed by atoms with Crippen molar-refractivity contribution < 1.29 is 14.3 Å². The van der Waals surface area contributed by atoms with Crippen molar-refractivity contribution in [1.82, 2.24) is 10.2 Å². The van der Waals surface area contributed by atoms with Gasteiger partial charge in [-0.15, -0.1) is 10.2 Å². The Balaban J connectivity index is 1.96. The van der Waals surface area contributed by atoms with Crippen LogP contribution in [0.2, 0.25) is 0 Å². The van der Waals surface area contributed by atoms with Crippen molar-refractivity contribution in [2.24, 2.45) is 0 Å². The van der Waals surface area contributed by atoms with Crippen LogP contribution in [0.4, 0.5) is 5.13 Å². The maximum atomic E-state index is 12.4. The topological polar surface area (TPSA) is 73.3 Å². The molecule has 1 atom stereocenters. The molecule has 1 amide bonds. The van der Waals surface area contributed by atoms with Gasteiger partial charge in [0.15, 0.2) is 10.4 Å². The third-order valence-corrected chi connectivity index (χ3v) is 4.90. The lowest BCUT2D eigenvalue weighted by Gasteiger charge is -2.16. The summed E-state index contributed by atoms with van der Waals surface area (Å²) in [4.78, 5) is 12.4. The molecule has 0 aliphatic rings. The fourth-order valence-electron chi connectivity index (χ4n) is 1.84. The number of hydrogen-bond donors (Lipinski definition) is 1. The molecule has 1 unspecified atom stereocenters. The molecule has 1 aromatic heterocycles. The predicted molar refractivity (Wildman–Crippen MR) is 97.2 cm³/mol. The van der Waals surface area contributed by atoms with Gasteiger partial charge in [-0.3, -0.25) is 10.1 Å². The number of thioether (sulfide) groups is 1. The smallest absolute Gasteiger partial charge is 0.267 e. The van der Waals surface area contributed by atoms with Gasteiger partial charge in [0.2, 0.25) is 5.13 Å². The second kappa shape index (κ2) is 8.89. The third-order valence-electron chi connectivity index (χ3n) is 2.97. The van der Waals surface area contributed by atoms with E-state index < -0.39 is 6.10 Å². The van der Waals surface area contributed by atoms with Gasteiger partial charge in [0.05, 0.1) is 7.11 Å². The van der Waals surface area contributed by atoms with Gasteiger partial charge < -0.3 is 9.47 Å². The number of methoxy groups -OCH3 is 1. The molecule has 0 spiro atoms. The van der Waals surface area contributed by atoms with Crippen molar-refractivity contribution in [3.8, 4) is 11.5 Å². The van der Waals surface area contributed by atoms with E-state index >= 15 is 0 Å². The molecule has 0 fully saturated rings. The van der Waals surface area contributed by atoms with E-state index in [2.05, 4.69) is 29.4 Å². The van der Waals surface area contributed by atoms with Crippen LogP contribution in [0, 0.1) is 0 Å². The van der Waals surface area contributed by atoms with E-state index in [1.165, 1.54) is 11.3 Å². The summed E-state index contributed by atoms with van der Waals surface area (Å²) in [6.07, 6.45) is -0.0481. The molecule has 1 aromatic carbocycles. The number of benzene rings is 1. The quantitative estimate of drug-likeness (QED) is 0.564. The standard InChI is InChI=1S/C16H21N3O3S2/c1-5-13(22-12-8-6-11(21-4)7-9-12)14(20)17-15-18-19-16(24-15)23-10(2)3/h6-10,13H,5H2,1-4H3,(H,17,18,20). The summed E-state index contributed by atoms with van der Waals surface area (Å²) in [6.45, 7) is 6.06. The van der Waals surface area contributed by atoms with Crippen molar-refractivity contribution in [2.45, 2.75) is 42.9 Å². The molecule has 24 heavy (non-hydrogen) atoms. The number of nitrogens with one attached hydrogen (secondary N) is 1. The molecular weight excluding hydrogens is 346 g/mol. The Bertz CT molecular complexity index is 659. The number of ether oxygens (including phenoxy) is 2. The Hall–Kier alpha value is -1.80. The SMILES string of the molecule is CCC(Oc1ccc(OC)cc1)C(=O)Nc1nnc(SC(C)C)s1. The van der Waals surface area contributed by atoms with Crippen LogP contribution in [0.15, 0.2) is 28.6 Å². The zero-order valence-electron chi connectivity index (χ0n) is 14.1. The zero-order valence-corrected chi connectivity index (χ0v) is 15.7. The Morgan fingerprint density at radius 1 is 1.25 bits per heavy atom. The third kappa shape index (κ3) is 5.38. The Morgan fingerprint density at radius 3 is 2.50 bits per heavy atom. The molecule has 0 bridgehead atoms. The van der Waals surface area contributed by atoms with Crippen LogP contribution in [-0.2, 0) is 4.79 Å². The molecule has 6 nitrogen and oxygen atoms in total. The number of carbonyl (C=O) groups excluding carboxylic acids is 1. The fourth-order valence-corrected chi connectivity index (χ4v) is 3.81. The highest BCUT2D eigenvalue weighted by molar-refractivity contribution is 8.01. The second-order valence-corrected chi connectivity index (χ2v) is 8.02. The van der Waals surface area contributed by atoms with E-state index in [-0.39, 0.29) is 5.91 Å². The number of aromatic nitrogens is 2. The maximum Gasteiger partial charge on any atom is 0.267 e. The summed E-state index contributed by atoms with van der Waals surface area (Å²) in [6, 6.07) is 7.13. The van der Waals surface area contributed by atoms with Crippen LogP contribution < -0.4 is 14.8 Å². The largest absolute Gasteiger partial charge is 0.497 e. The van der Waals surface area contributed by atoms with Crippen molar-refractivity contribution in [1.29, 1.82) is 0 Å². The molecule has 2 aromatic rings. The maximum absolute atomic E-state index is 12.4. The number of anilines is 1. The summed E-state index contributed by atoms with van der Waals surface area (Å²) >= 11 is 2.98. The molecule has 2 rings (SSSR count). The number of nitrogens with zero attached hydrogens (tertiary/aromatic N) is 2. The first-order chi connectivity index (χ1) is 11.5. The molecule has 0 saturated heterocycles. The minimum Gasteiger partial charge on any atom is -0.497 e. The summed E-state index contributed by atoms with van der Waals surface area (Å²) in [7, 11) is 1.60. The van der Waals surface area contributed by atoms with Crippen LogP contribution >= 0.6 is 23.1 Å². The van der Waals surface area contributed by atoms with E-state index in [9.17, 15) is 4.79 Å². The van der Waals surface area contributed by atoms with Crippen LogP contribution in [0.5, 0.6) is 11.5 Å². The highest BCUT2D eigenvalue weighted by atomic mass is 32.2. The molecule has 0 aliphatic heterocycles. The van der Waals surface area contributed by atoms with Crippen LogP contribution in [0.25, 0.3) is 0 Å². The van der Waals surface area contributed by atoms with E-state index in [1.807, 2.05) is 6.92 Å². The normalized spacial score (nSPS) is 12.0. The van der Waals surface area contributed by atoms with Crippen LogP contribution in [0.1, 0.15) is 27.2 Å². The van der Waals surface area contributed by atoms with Gasteiger partial charge in [-0.05, 0) is 30.7 Å². The number of rotatable bonds is 8. The van der Waals surface area contributed by atoms with Crippen molar-refractivity contribution in [2.75, 3.05) is 12.4 Å². The Morgan fingerprint density at radius 2 is 1.92 bits per heavy atom. The summed E-state index contributed by atoms with van der Waals surface area (Å²) < 4.78 is 11.7. The summed E-state index contributed by atoms with van der Waals surface area (Å²) in [5.74, 6) is 1.13. The number of hydrogen-bond acceptors (Lipinski definition) is 7. The molecular formula is C16H21N3O3S2. The van der Waals surface area contributed by atoms with E-state index in [4.69, 9.17) is 9.47 Å². The van der Waals surface area contributed by atoms with Gasteiger partial charge in [-0.2, -0.15) is 0 Å².